The molecule has 23 heavy (non-hydrogen) atoms. The first-order chi connectivity index (χ1) is 10.7. The molecule has 2 aromatic rings. The standard InChI is InChI=1S/C15H15F2NO3S2/c1-10(19)14-7-8-15(22-14)23(20,21)18(2)9-13(17)11-3-5-12(16)6-4-11/h3-8,13H,9H2,1-2H3. The van der Waals surface area contributed by atoms with Crippen molar-refractivity contribution in [1.82, 2.24) is 4.31 Å². The minimum Gasteiger partial charge on any atom is -0.294 e. The lowest BCUT2D eigenvalue weighted by molar-refractivity contribution is 0.102. The van der Waals surface area contributed by atoms with Crippen molar-refractivity contribution in [2.45, 2.75) is 17.3 Å². The molecule has 0 radical (unpaired) electrons. The molecule has 1 heterocycles. The molecule has 1 atom stereocenters. The maximum Gasteiger partial charge on any atom is 0.252 e. The summed E-state index contributed by atoms with van der Waals surface area (Å²) < 4.78 is 52.7. The van der Waals surface area contributed by atoms with Crippen molar-refractivity contribution in [1.29, 1.82) is 0 Å². The summed E-state index contributed by atoms with van der Waals surface area (Å²) in [6, 6.07) is 7.56. The molecule has 4 nitrogen and oxygen atoms in total. The second-order valence-corrected chi connectivity index (χ2v) is 8.33. The predicted molar refractivity (Wildman–Crippen MR) is 84.4 cm³/mol. The molecule has 124 valence electrons. The van der Waals surface area contributed by atoms with Gasteiger partial charge in [-0.3, -0.25) is 4.79 Å². The fourth-order valence-corrected chi connectivity index (χ4v) is 4.48. The smallest absolute Gasteiger partial charge is 0.252 e. The molecule has 0 spiro atoms. The Balaban J connectivity index is 2.15. The number of rotatable bonds is 6. The number of benzene rings is 1. The third-order valence-corrected chi connectivity index (χ3v) is 6.72. The molecule has 2 rings (SSSR count). The summed E-state index contributed by atoms with van der Waals surface area (Å²) >= 11 is 0.850. The summed E-state index contributed by atoms with van der Waals surface area (Å²) in [4.78, 5) is 11.6. The lowest BCUT2D eigenvalue weighted by atomic mass is 10.1. The van der Waals surface area contributed by atoms with Gasteiger partial charge in [0.1, 0.15) is 16.2 Å². The van der Waals surface area contributed by atoms with E-state index < -0.39 is 28.6 Å². The largest absolute Gasteiger partial charge is 0.294 e. The van der Waals surface area contributed by atoms with Crippen molar-refractivity contribution in [3.63, 3.8) is 0 Å². The highest BCUT2D eigenvalue weighted by Gasteiger charge is 2.26. The van der Waals surface area contributed by atoms with Crippen LogP contribution in [-0.2, 0) is 10.0 Å². The van der Waals surface area contributed by atoms with Crippen LogP contribution in [0.2, 0.25) is 0 Å². The topological polar surface area (TPSA) is 54.5 Å². The summed E-state index contributed by atoms with van der Waals surface area (Å²) in [5.41, 5.74) is 0.198. The maximum absolute atomic E-state index is 14.2. The first kappa shape index (κ1) is 17.7. The number of halogens is 2. The highest BCUT2D eigenvalue weighted by atomic mass is 32.2. The van der Waals surface area contributed by atoms with E-state index in [0.717, 1.165) is 27.8 Å². The molecule has 0 aliphatic heterocycles. The zero-order chi connectivity index (χ0) is 17.2. The van der Waals surface area contributed by atoms with Crippen LogP contribution in [0.25, 0.3) is 0 Å². The van der Waals surface area contributed by atoms with Gasteiger partial charge < -0.3 is 0 Å². The Morgan fingerprint density at radius 2 is 1.83 bits per heavy atom. The van der Waals surface area contributed by atoms with Gasteiger partial charge in [0.2, 0.25) is 0 Å². The normalized spacial score (nSPS) is 13.3. The van der Waals surface area contributed by atoms with Crippen LogP contribution >= 0.6 is 11.3 Å². The first-order valence-corrected chi connectivity index (χ1v) is 8.94. The van der Waals surface area contributed by atoms with E-state index in [0.29, 0.717) is 4.88 Å². The second-order valence-electron chi connectivity index (χ2n) is 4.98. The molecule has 0 amide bonds. The van der Waals surface area contributed by atoms with Crippen molar-refractivity contribution in [3.8, 4) is 0 Å². The van der Waals surface area contributed by atoms with E-state index in [-0.39, 0.29) is 15.6 Å². The van der Waals surface area contributed by atoms with Crippen LogP contribution in [0.4, 0.5) is 8.78 Å². The fourth-order valence-electron chi connectivity index (χ4n) is 1.90. The number of hydrogen-bond acceptors (Lipinski definition) is 4. The molecular formula is C15H15F2NO3S2. The van der Waals surface area contributed by atoms with Gasteiger partial charge in [-0.1, -0.05) is 12.1 Å². The lowest BCUT2D eigenvalue weighted by Gasteiger charge is -2.18. The number of likely N-dealkylation sites (N-methyl/N-ethyl adjacent to an activating group) is 1. The van der Waals surface area contributed by atoms with Crippen molar-refractivity contribution < 1.29 is 22.0 Å². The van der Waals surface area contributed by atoms with E-state index in [1.165, 1.54) is 38.2 Å². The first-order valence-electron chi connectivity index (χ1n) is 6.68. The van der Waals surface area contributed by atoms with Crippen LogP contribution in [0.5, 0.6) is 0 Å². The Labute approximate surface area is 137 Å². The zero-order valence-corrected chi connectivity index (χ0v) is 14.1. The number of sulfonamides is 1. The Kier molecular flexibility index (Phi) is 5.28. The van der Waals surface area contributed by atoms with Crippen LogP contribution in [0.15, 0.2) is 40.6 Å². The number of carbonyl (C=O) groups is 1. The number of nitrogens with zero attached hydrogens (tertiary/aromatic N) is 1. The Morgan fingerprint density at radius 3 is 2.35 bits per heavy atom. The number of hydrogen-bond donors (Lipinski definition) is 0. The SMILES string of the molecule is CC(=O)c1ccc(S(=O)(=O)N(C)CC(F)c2ccc(F)cc2)s1. The van der Waals surface area contributed by atoms with Crippen molar-refractivity contribution in [2.24, 2.45) is 0 Å². The Bertz CT molecular complexity index is 800. The van der Waals surface area contributed by atoms with Gasteiger partial charge in [-0.05, 0) is 36.8 Å². The molecule has 1 aromatic heterocycles. The van der Waals surface area contributed by atoms with Gasteiger partial charge in [0.05, 0.1) is 4.88 Å². The van der Waals surface area contributed by atoms with Crippen LogP contribution in [-0.4, -0.2) is 32.1 Å². The molecule has 1 aromatic carbocycles. The van der Waals surface area contributed by atoms with E-state index in [9.17, 15) is 22.0 Å². The highest BCUT2D eigenvalue weighted by Crippen LogP contribution is 2.27. The lowest BCUT2D eigenvalue weighted by Crippen LogP contribution is -2.29. The molecular weight excluding hydrogens is 344 g/mol. The van der Waals surface area contributed by atoms with Crippen LogP contribution in [0.3, 0.4) is 0 Å². The number of Topliss-reactive ketones (excluding diaryl/α,β-unsaturated/α-hetero) is 1. The zero-order valence-electron chi connectivity index (χ0n) is 12.5. The Hall–Kier alpha value is -1.64. The molecule has 0 aliphatic rings. The van der Waals surface area contributed by atoms with Crippen LogP contribution < -0.4 is 0 Å². The molecule has 0 saturated carbocycles. The van der Waals surface area contributed by atoms with Crippen molar-refractivity contribution >= 4 is 27.1 Å². The third-order valence-electron chi connectivity index (χ3n) is 3.24. The average molecular weight is 359 g/mol. The Morgan fingerprint density at radius 1 is 1.22 bits per heavy atom. The average Bonchev–Trinajstić information content (AvgIpc) is 2.98. The van der Waals surface area contributed by atoms with Gasteiger partial charge in [-0.15, -0.1) is 11.3 Å². The molecule has 0 saturated heterocycles. The van der Waals surface area contributed by atoms with Gasteiger partial charge in [0.25, 0.3) is 10.0 Å². The summed E-state index contributed by atoms with van der Waals surface area (Å²) in [6.45, 7) is 0.944. The van der Waals surface area contributed by atoms with E-state index in [2.05, 4.69) is 0 Å². The third kappa shape index (κ3) is 4.01. The summed E-state index contributed by atoms with van der Waals surface area (Å²) in [6.07, 6.45) is -1.58. The maximum atomic E-state index is 14.2. The minimum absolute atomic E-state index is 0.0171. The van der Waals surface area contributed by atoms with Gasteiger partial charge in [0, 0.05) is 13.6 Å². The minimum atomic E-state index is -3.88. The van der Waals surface area contributed by atoms with E-state index in [4.69, 9.17) is 0 Å². The number of alkyl halides is 1. The summed E-state index contributed by atoms with van der Waals surface area (Å²) in [5.74, 6) is -0.717. The molecule has 0 aliphatic carbocycles. The molecule has 0 bridgehead atoms. The van der Waals surface area contributed by atoms with Crippen molar-refractivity contribution in [2.75, 3.05) is 13.6 Å². The van der Waals surface area contributed by atoms with E-state index in [1.54, 1.807) is 0 Å². The van der Waals surface area contributed by atoms with Gasteiger partial charge in [-0.25, -0.2) is 17.2 Å². The van der Waals surface area contributed by atoms with Crippen molar-refractivity contribution in [3.05, 3.63) is 52.7 Å². The van der Waals surface area contributed by atoms with Gasteiger partial charge >= 0.3 is 0 Å². The molecule has 1 unspecified atom stereocenters. The van der Waals surface area contributed by atoms with E-state index in [1.807, 2.05) is 0 Å². The number of thiophene rings is 1. The van der Waals surface area contributed by atoms with Crippen LogP contribution in [0.1, 0.15) is 28.3 Å². The summed E-state index contributed by atoms with van der Waals surface area (Å²) in [7, 11) is -2.61. The van der Waals surface area contributed by atoms with Crippen LogP contribution in [0, 0.1) is 5.82 Å². The fraction of sp³-hybridized carbons (Fsp3) is 0.267. The summed E-state index contributed by atoms with van der Waals surface area (Å²) in [5, 5.41) is 0. The molecule has 0 N–H and O–H groups in total. The van der Waals surface area contributed by atoms with E-state index >= 15 is 0 Å². The van der Waals surface area contributed by atoms with Gasteiger partial charge in [0.15, 0.2) is 5.78 Å². The number of carbonyl (C=O) groups excluding carboxylic acids is 1. The second kappa shape index (κ2) is 6.86. The monoisotopic (exact) mass is 359 g/mol. The van der Waals surface area contributed by atoms with Gasteiger partial charge in [-0.2, -0.15) is 4.31 Å². The highest BCUT2D eigenvalue weighted by molar-refractivity contribution is 7.91. The molecule has 8 heteroatoms. The molecule has 0 fully saturated rings. The quantitative estimate of drug-likeness (QED) is 0.743. The number of ketones is 1. The predicted octanol–water partition coefficient (Wildman–Crippen LogP) is 3.42.